The van der Waals surface area contributed by atoms with Crippen LogP contribution < -0.4 is 38.9 Å². The van der Waals surface area contributed by atoms with E-state index in [4.69, 9.17) is 28.0 Å². The summed E-state index contributed by atoms with van der Waals surface area (Å²) in [5.41, 5.74) is 21.9. The Labute approximate surface area is 241 Å². The number of nitrogens with one attached hydrogen (secondary N) is 3. The van der Waals surface area contributed by atoms with Gasteiger partial charge < -0.3 is 54.2 Å². The number of primary amides is 1. The van der Waals surface area contributed by atoms with Crippen LogP contribution in [-0.4, -0.2) is 87.6 Å². The smallest absolute Gasteiger partial charge is 0.326 e. The monoisotopic (exact) mass is 594 g/mol. The molecule has 14 N–H and O–H groups in total. The van der Waals surface area contributed by atoms with Gasteiger partial charge in [0.2, 0.25) is 23.6 Å². The van der Waals surface area contributed by atoms with Crippen molar-refractivity contribution in [2.24, 2.45) is 27.9 Å². The molecule has 17 heteroatoms. The lowest BCUT2D eigenvalue weighted by molar-refractivity contribution is -0.142. The highest BCUT2D eigenvalue weighted by molar-refractivity contribution is 5.94. The topological polar surface area (TPSA) is 316 Å². The molecule has 4 unspecified atom stereocenters. The van der Waals surface area contributed by atoms with Gasteiger partial charge in [-0.3, -0.25) is 29.0 Å². The number of carbonyl (C=O) groups excluding carboxylic acids is 4. The fourth-order valence-corrected chi connectivity index (χ4v) is 3.63. The molecule has 42 heavy (non-hydrogen) atoms. The first-order chi connectivity index (χ1) is 19.7. The number of hydrogen-bond acceptors (Lipinski definition) is 9. The van der Waals surface area contributed by atoms with Gasteiger partial charge in [-0.25, -0.2) is 4.79 Å². The van der Waals surface area contributed by atoms with E-state index in [0.29, 0.717) is 12.0 Å². The molecule has 0 aromatic heterocycles. The van der Waals surface area contributed by atoms with Crippen LogP contribution in [0.2, 0.25) is 0 Å². The molecule has 232 valence electrons. The predicted octanol–water partition coefficient (Wildman–Crippen LogP) is -3.02. The number of aliphatic carboxylic acids is 2. The number of aliphatic imine (C=N–C) groups is 1. The minimum absolute atomic E-state index is 0.0627. The summed E-state index contributed by atoms with van der Waals surface area (Å²) in [6.07, 6.45) is -1.20. The Balaban J connectivity index is 3.13. The van der Waals surface area contributed by atoms with Crippen molar-refractivity contribution in [3.05, 3.63) is 29.8 Å². The molecule has 1 rings (SSSR count). The Morgan fingerprint density at radius 3 is 1.86 bits per heavy atom. The van der Waals surface area contributed by atoms with Gasteiger partial charge in [-0.05, 0) is 43.4 Å². The highest BCUT2D eigenvalue weighted by Gasteiger charge is 2.31. The number of nitrogens with two attached hydrogens (primary N) is 4. The molecule has 4 amide bonds. The summed E-state index contributed by atoms with van der Waals surface area (Å²) >= 11 is 0. The Morgan fingerprint density at radius 1 is 0.762 bits per heavy atom. The second-order valence-corrected chi connectivity index (χ2v) is 9.39. The molecule has 1 aromatic rings. The SMILES string of the molecule is NC(=O)CCC(NC(=O)C(Cc1ccc(O)cc1)NC(=O)C(CCC(=O)O)NC(=O)C(N)CCCN=C(N)N)C(=O)O. The van der Waals surface area contributed by atoms with E-state index in [-0.39, 0.29) is 50.4 Å². The Morgan fingerprint density at radius 2 is 1.31 bits per heavy atom. The van der Waals surface area contributed by atoms with Crippen LogP contribution in [0.25, 0.3) is 0 Å². The summed E-state index contributed by atoms with van der Waals surface area (Å²) in [5.74, 6) is -6.30. The van der Waals surface area contributed by atoms with Crippen LogP contribution in [0.15, 0.2) is 29.3 Å². The summed E-state index contributed by atoms with van der Waals surface area (Å²) in [6.45, 7) is 0.205. The third kappa shape index (κ3) is 13.9. The Kier molecular flexibility index (Phi) is 14.8. The van der Waals surface area contributed by atoms with Gasteiger partial charge in [0.05, 0.1) is 6.04 Å². The van der Waals surface area contributed by atoms with Crippen molar-refractivity contribution in [2.75, 3.05) is 6.54 Å². The average molecular weight is 595 g/mol. The zero-order valence-corrected chi connectivity index (χ0v) is 22.8. The molecule has 0 bridgehead atoms. The van der Waals surface area contributed by atoms with Crippen molar-refractivity contribution in [3.63, 3.8) is 0 Å². The van der Waals surface area contributed by atoms with Gasteiger partial charge in [0, 0.05) is 25.8 Å². The largest absolute Gasteiger partial charge is 0.508 e. The van der Waals surface area contributed by atoms with Crippen LogP contribution in [0.5, 0.6) is 5.75 Å². The molecule has 4 atom stereocenters. The average Bonchev–Trinajstić information content (AvgIpc) is 2.91. The highest BCUT2D eigenvalue weighted by atomic mass is 16.4. The summed E-state index contributed by atoms with van der Waals surface area (Å²) in [5, 5.41) is 35.2. The zero-order valence-electron chi connectivity index (χ0n) is 22.8. The fourth-order valence-electron chi connectivity index (χ4n) is 3.63. The zero-order chi connectivity index (χ0) is 31.8. The maximum Gasteiger partial charge on any atom is 0.326 e. The third-order valence-corrected chi connectivity index (χ3v) is 5.89. The molecule has 0 aliphatic carbocycles. The van der Waals surface area contributed by atoms with E-state index >= 15 is 0 Å². The number of aromatic hydroxyl groups is 1. The van der Waals surface area contributed by atoms with Crippen LogP contribution in [0.4, 0.5) is 0 Å². The van der Waals surface area contributed by atoms with Gasteiger partial charge in [0.25, 0.3) is 0 Å². The molecule has 0 aliphatic rings. The normalized spacial score (nSPS) is 13.5. The maximum absolute atomic E-state index is 13.2. The lowest BCUT2D eigenvalue weighted by Crippen LogP contribution is -2.57. The lowest BCUT2D eigenvalue weighted by atomic mass is 10.0. The molecule has 0 saturated carbocycles. The number of amides is 4. The number of benzene rings is 1. The minimum atomic E-state index is -1.51. The van der Waals surface area contributed by atoms with E-state index in [1.165, 1.54) is 24.3 Å². The standard InChI is InChI=1S/C25H38N8O9/c26-15(2-1-11-30-25(28)29)21(38)31-16(8-10-20(36)37)22(39)33-18(12-13-3-5-14(34)6-4-13)23(40)32-17(24(41)42)7-9-19(27)35/h3-6,15-18,34H,1-2,7-12,26H2,(H2,27,35)(H,31,38)(H,32,40)(H,33,39)(H,36,37)(H,41,42)(H4,28,29,30). The van der Waals surface area contributed by atoms with Crippen molar-refractivity contribution in [1.29, 1.82) is 0 Å². The number of nitrogens with zero attached hydrogens (tertiary/aromatic N) is 1. The molecule has 0 aliphatic heterocycles. The maximum atomic E-state index is 13.2. The van der Waals surface area contributed by atoms with Crippen molar-refractivity contribution in [2.45, 2.75) is 69.1 Å². The number of phenols is 1. The van der Waals surface area contributed by atoms with Crippen LogP contribution in [0.3, 0.4) is 0 Å². The molecule has 1 aromatic carbocycles. The molecule has 0 heterocycles. The number of hydrogen-bond donors (Lipinski definition) is 10. The van der Waals surface area contributed by atoms with Crippen molar-refractivity contribution in [3.8, 4) is 5.75 Å². The first kappa shape index (κ1) is 35.1. The van der Waals surface area contributed by atoms with Crippen molar-refractivity contribution >= 4 is 41.5 Å². The quantitative estimate of drug-likeness (QED) is 0.0435. The lowest BCUT2D eigenvalue weighted by Gasteiger charge is -2.25. The molecular weight excluding hydrogens is 556 g/mol. The molecule has 0 fully saturated rings. The van der Waals surface area contributed by atoms with E-state index in [1.807, 2.05) is 0 Å². The molecule has 0 radical (unpaired) electrons. The third-order valence-electron chi connectivity index (χ3n) is 5.89. The second kappa shape index (κ2) is 17.7. The number of carboxylic acid groups (broad SMARTS) is 2. The number of rotatable bonds is 19. The Bertz CT molecular complexity index is 1140. The molecule has 17 nitrogen and oxygen atoms in total. The molecular formula is C25H38N8O9. The predicted molar refractivity (Wildman–Crippen MR) is 148 cm³/mol. The van der Waals surface area contributed by atoms with Gasteiger partial charge in [-0.15, -0.1) is 0 Å². The minimum Gasteiger partial charge on any atom is -0.508 e. The second-order valence-electron chi connectivity index (χ2n) is 9.39. The number of phenolic OH excluding ortho intramolecular Hbond substituents is 1. The Hall–Kier alpha value is -4.93. The highest BCUT2D eigenvalue weighted by Crippen LogP contribution is 2.12. The summed E-state index contributed by atoms with van der Waals surface area (Å²) in [6, 6.07) is 0.184. The van der Waals surface area contributed by atoms with Gasteiger partial charge in [0.1, 0.15) is 23.9 Å². The van der Waals surface area contributed by atoms with E-state index in [1.54, 1.807) is 0 Å². The van der Waals surface area contributed by atoms with E-state index in [0.717, 1.165) is 0 Å². The van der Waals surface area contributed by atoms with Crippen LogP contribution in [0, 0.1) is 0 Å². The fraction of sp³-hybridized carbons (Fsp3) is 0.480. The van der Waals surface area contributed by atoms with Crippen molar-refractivity contribution < 1.29 is 44.1 Å². The van der Waals surface area contributed by atoms with Crippen LogP contribution in [0.1, 0.15) is 44.1 Å². The van der Waals surface area contributed by atoms with E-state index in [9.17, 15) is 39.0 Å². The summed E-state index contributed by atoms with van der Waals surface area (Å²) in [4.78, 5) is 76.8. The van der Waals surface area contributed by atoms with Gasteiger partial charge >= 0.3 is 11.9 Å². The first-order valence-electron chi connectivity index (χ1n) is 12.9. The molecule has 0 spiro atoms. The number of carbonyl (C=O) groups is 6. The first-order valence-corrected chi connectivity index (χ1v) is 12.9. The van der Waals surface area contributed by atoms with Crippen molar-refractivity contribution in [1.82, 2.24) is 16.0 Å². The van der Waals surface area contributed by atoms with Gasteiger partial charge in [0.15, 0.2) is 5.96 Å². The number of guanidine groups is 1. The van der Waals surface area contributed by atoms with Gasteiger partial charge in [-0.1, -0.05) is 12.1 Å². The summed E-state index contributed by atoms with van der Waals surface area (Å²) < 4.78 is 0. The van der Waals surface area contributed by atoms with E-state index < -0.39 is 66.2 Å². The van der Waals surface area contributed by atoms with E-state index in [2.05, 4.69) is 20.9 Å². The molecule has 0 saturated heterocycles. The van der Waals surface area contributed by atoms with Crippen LogP contribution >= 0.6 is 0 Å². The van der Waals surface area contributed by atoms with Gasteiger partial charge in [-0.2, -0.15) is 0 Å². The van der Waals surface area contributed by atoms with Crippen LogP contribution in [-0.2, 0) is 35.2 Å². The summed E-state index contributed by atoms with van der Waals surface area (Å²) in [7, 11) is 0. The number of carboxylic acids is 2.